The summed E-state index contributed by atoms with van der Waals surface area (Å²) in [5.74, 6) is 2.41. The molecule has 4 aromatic carbocycles. The van der Waals surface area contributed by atoms with Gasteiger partial charge in [0.15, 0.2) is 11.5 Å². The molecule has 0 saturated heterocycles. The molecule has 4 aromatic rings. The van der Waals surface area contributed by atoms with Crippen LogP contribution >= 0.6 is 15.9 Å². The van der Waals surface area contributed by atoms with Crippen molar-refractivity contribution < 1.29 is 9.47 Å². The van der Waals surface area contributed by atoms with Gasteiger partial charge in [0.25, 0.3) is 0 Å². The highest BCUT2D eigenvalue weighted by Crippen LogP contribution is 2.49. The van der Waals surface area contributed by atoms with Crippen molar-refractivity contribution in [2.24, 2.45) is 10.9 Å². The quantitative estimate of drug-likeness (QED) is 0.160. The molecule has 208 valence electrons. The fraction of sp³-hybridized carbons (Fsp3) is 0.250. The minimum absolute atomic E-state index is 0.281. The molecule has 0 fully saturated rings. The number of para-hydroxylation sites is 1. The van der Waals surface area contributed by atoms with Crippen molar-refractivity contribution in [1.29, 1.82) is 0 Å². The van der Waals surface area contributed by atoms with Gasteiger partial charge in [-0.2, -0.15) is 0 Å². The molecule has 0 radical (unpaired) electrons. The van der Waals surface area contributed by atoms with Gasteiger partial charge < -0.3 is 14.8 Å². The van der Waals surface area contributed by atoms with Crippen LogP contribution in [0.4, 0.5) is 11.4 Å². The number of benzene rings is 4. The van der Waals surface area contributed by atoms with Crippen LogP contribution in [0, 0.1) is 19.8 Å². The molecule has 0 bridgehead atoms. The lowest BCUT2D eigenvalue weighted by Gasteiger charge is -2.37. The molecule has 2 aliphatic rings. The summed E-state index contributed by atoms with van der Waals surface area (Å²) in [5.41, 5.74) is 9.39. The van der Waals surface area contributed by atoms with Crippen LogP contribution in [-0.4, -0.2) is 12.8 Å². The lowest BCUT2D eigenvalue weighted by Crippen LogP contribution is -2.28. The number of fused-ring (bicyclic) bond motifs is 3. The molecule has 0 aromatic heterocycles. The van der Waals surface area contributed by atoms with Crippen LogP contribution < -0.4 is 14.8 Å². The number of aryl methyl sites for hydroxylation is 2. The molecule has 1 heterocycles. The van der Waals surface area contributed by atoms with Crippen molar-refractivity contribution >= 4 is 33.5 Å². The predicted octanol–water partition coefficient (Wildman–Crippen LogP) is 9.62. The van der Waals surface area contributed by atoms with Crippen LogP contribution in [-0.2, 0) is 6.61 Å². The first kappa shape index (κ1) is 27.3. The van der Waals surface area contributed by atoms with Gasteiger partial charge in [0, 0.05) is 17.8 Å². The minimum atomic E-state index is 0.281. The van der Waals surface area contributed by atoms with E-state index in [0.717, 1.165) is 27.7 Å². The highest BCUT2D eigenvalue weighted by Gasteiger charge is 2.37. The zero-order chi connectivity index (χ0) is 28.3. The van der Waals surface area contributed by atoms with E-state index in [1.54, 1.807) is 0 Å². The van der Waals surface area contributed by atoms with Gasteiger partial charge in [-0.1, -0.05) is 71.8 Å². The SMILES string of the molecule is CCOc1cc(C=Nc2ccc([C@@H]3Nc4ccccc4[C@H]4C=CC[C@H]43)cc2)cc(Br)c1OCc1cc(C)cc(C)c1. The van der Waals surface area contributed by atoms with E-state index in [0.29, 0.717) is 36.5 Å². The maximum Gasteiger partial charge on any atom is 0.175 e. The van der Waals surface area contributed by atoms with Crippen LogP contribution in [0.15, 0.2) is 100 Å². The van der Waals surface area contributed by atoms with Crippen molar-refractivity contribution in [3.8, 4) is 11.5 Å². The number of allylic oxidation sites excluding steroid dienone is 2. The number of anilines is 1. The van der Waals surface area contributed by atoms with E-state index in [-0.39, 0.29) is 6.04 Å². The monoisotopic (exact) mass is 606 g/mol. The Morgan fingerprint density at radius 2 is 1.73 bits per heavy atom. The Morgan fingerprint density at radius 3 is 2.51 bits per heavy atom. The second kappa shape index (κ2) is 12.0. The number of hydrogen-bond donors (Lipinski definition) is 1. The minimum Gasteiger partial charge on any atom is -0.490 e. The summed E-state index contributed by atoms with van der Waals surface area (Å²) in [4.78, 5) is 4.78. The number of aliphatic imine (C=N–C) groups is 1. The van der Waals surface area contributed by atoms with Crippen LogP contribution in [0.5, 0.6) is 11.5 Å². The fourth-order valence-corrected chi connectivity index (χ4v) is 6.74. The molecule has 5 heteroatoms. The Balaban J connectivity index is 1.18. The van der Waals surface area contributed by atoms with Gasteiger partial charge in [0.05, 0.1) is 22.8 Å². The fourth-order valence-electron chi connectivity index (χ4n) is 6.16. The van der Waals surface area contributed by atoms with Crippen molar-refractivity contribution in [2.75, 3.05) is 11.9 Å². The number of nitrogens with one attached hydrogen (secondary N) is 1. The summed E-state index contributed by atoms with van der Waals surface area (Å²) in [6.07, 6.45) is 7.68. The first-order valence-corrected chi connectivity index (χ1v) is 15.1. The molecule has 41 heavy (non-hydrogen) atoms. The molecule has 0 spiro atoms. The van der Waals surface area contributed by atoms with Gasteiger partial charge in [-0.25, -0.2) is 0 Å². The van der Waals surface area contributed by atoms with Gasteiger partial charge in [0.2, 0.25) is 0 Å². The normalized spacial score (nSPS) is 19.1. The van der Waals surface area contributed by atoms with Gasteiger partial charge in [-0.3, -0.25) is 4.99 Å². The molecular weight excluding hydrogens is 572 g/mol. The van der Waals surface area contributed by atoms with Gasteiger partial charge in [0.1, 0.15) is 6.61 Å². The topological polar surface area (TPSA) is 42.8 Å². The van der Waals surface area contributed by atoms with Crippen molar-refractivity contribution in [1.82, 2.24) is 0 Å². The number of halogens is 1. The third kappa shape index (κ3) is 5.96. The Labute approximate surface area is 251 Å². The third-order valence-corrected chi connectivity index (χ3v) is 8.47. The van der Waals surface area contributed by atoms with Gasteiger partial charge in [-0.15, -0.1) is 0 Å². The molecule has 0 unspecified atom stereocenters. The number of ether oxygens (including phenoxy) is 2. The Bertz CT molecular complexity index is 1590. The molecule has 0 amide bonds. The second-order valence-corrected chi connectivity index (χ2v) is 11.8. The van der Waals surface area contributed by atoms with Crippen molar-refractivity contribution in [3.05, 3.63) is 129 Å². The van der Waals surface area contributed by atoms with Gasteiger partial charge >= 0.3 is 0 Å². The smallest absolute Gasteiger partial charge is 0.175 e. The first-order valence-electron chi connectivity index (χ1n) is 14.3. The molecule has 1 N–H and O–H groups in total. The third-order valence-electron chi connectivity index (χ3n) is 7.88. The second-order valence-electron chi connectivity index (χ2n) is 11.0. The average Bonchev–Trinajstić information content (AvgIpc) is 3.46. The zero-order valence-corrected chi connectivity index (χ0v) is 25.3. The predicted molar refractivity (Wildman–Crippen MR) is 172 cm³/mol. The van der Waals surface area contributed by atoms with E-state index >= 15 is 0 Å². The molecule has 3 atom stereocenters. The summed E-state index contributed by atoms with van der Waals surface area (Å²) >= 11 is 3.71. The van der Waals surface area contributed by atoms with E-state index in [1.807, 2.05) is 25.3 Å². The van der Waals surface area contributed by atoms with Crippen molar-refractivity contribution in [2.45, 2.75) is 45.8 Å². The Morgan fingerprint density at radius 1 is 0.951 bits per heavy atom. The summed E-state index contributed by atoms with van der Waals surface area (Å²) in [7, 11) is 0. The first-order chi connectivity index (χ1) is 20.0. The number of nitrogens with zero attached hydrogens (tertiary/aromatic N) is 1. The summed E-state index contributed by atoms with van der Waals surface area (Å²) < 4.78 is 13.0. The molecule has 1 aliphatic heterocycles. The lowest BCUT2D eigenvalue weighted by molar-refractivity contribution is 0.267. The van der Waals surface area contributed by atoms with Gasteiger partial charge in [-0.05, 0) is 102 Å². The van der Waals surface area contributed by atoms with E-state index in [4.69, 9.17) is 14.5 Å². The maximum absolute atomic E-state index is 6.23. The highest BCUT2D eigenvalue weighted by atomic mass is 79.9. The molecule has 0 saturated carbocycles. The summed E-state index contributed by atoms with van der Waals surface area (Å²) in [6, 6.07) is 28.1. The van der Waals surface area contributed by atoms with Crippen LogP contribution in [0.1, 0.15) is 58.7 Å². The Kier molecular flexibility index (Phi) is 7.97. The van der Waals surface area contributed by atoms with E-state index in [2.05, 4.69) is 114 Å². The standard InChI is InChI=1S/C36H35BrN2O2/c1-4-40-34-20-25(19-32(37)36(34)41-22-26-17-23(2)16-24(3)18-26)21-38-28-14-12-27(13-15-28)35-31-10-7-9-29(31)30-8-5-6-11-33(30)39-35/h5-9,11-21,29,31,35,39H,4,10,22H2,1-3H3/t29-,31-,35+/m1/s1. The van der Waals surface area contributed by atoms with E-state index < -0.39 is 0 Å². The van der Waals surface area contributed by atoms with Crippen molar-refractivity contribution in [3.63, 3.8) is 0 Å². The summed E-state index contributed by atoms with van der Waals surface area (Å²) in [6.45, 7) is 7.21. The number of hydrogen-bond acceptors (Lipinski definition) is 4. The van der Waals surface area contributed by atoms with Crippen LogP contribution in [0.2, 0.25) is 0 Å². The molecule has 4 nitrogen and oxygen atoms in total. The average molecular weight is 608 g/mol. The largest absolute Gasteiger partial charge is 0.490 e. The van der Waals surface area contributed by atoms with Crippen LogP contribution in [0.3, 0.4) is 0 Å². The molecular formula is C36H35BrN2O2. The highest BCUT2D eigenvalue weighted by molar-refractivity contribution is 9.10. The zero-order valence-electron chi connectivity index (χ0n) is 23.7. The molecule has 6 rings (SSSR count). The maximum atomic E-state index is 6.23. The van der Waals surface area contributed by atoms with Crippen LogP contribution in [0.25, 0.3) is 0 Å². The van der Waals surface area contributed by atoms with E-state index in [9.17, 15) is 0 Å². The summed E-state index contributed by atoms with van der Waals surface area (Å²) in [5, 5.41) is 3.81. The van der Waals surface area contributed by atoms with E-state index in [1.165, 1.54) is 27.9 Å². The number of rotatable bonds is 8. The molecule has 1 aliphatic carbocycles. The lowest BCUT2D eigenvalue weighted by atomic mass is 9.77. The Hall–Kier alpha value is -3.83.